The average molecular weight is 370 g/mol. The molecule has 1 heterocycles. The number of halogens is 1. The van der Waals surface area contributed by atoms with Gasteiger partial charge in [-0.05, 0) is 30.2 Å². The number of methoxy groups -OCH3 is 2. The zero-order valence-corrected chi connectivity index (χ0v) is 14.7. The van der Waals surface area contributed by atoms with Gasteiger partial charge in [0.05, 0.1) is 25.8 Å². The number of amides is 1. The summed E-state index contributed by atoms with van der Waals surface area (Å²) in [5.74, 6) is -0.712. The van der Waals surface area contributed by atoms with Crippen LogP contribution < -0.4 is 19.9 Å². The number of nitrogens with one attached hydrogen (secondary N) is 1. The van der Waals surface area contributed by atoms with Crippen LogP contribution in [0.3, 0.4) is 0 Å². The predicted octanol–water partition coefficient (Wildman–Crippen LogP) is 1.95. The number of hydrogen-bond donors (Lipinski definition) is 1. The first kappa shape index (κ1) is 18.3. The lowest BCUT2D eigenvalue weighted by atomic mass is 9.96. The van der Waals surface area contributed by atoms with E-state index in [2.05, 4.69) is 25.9 Å². The first-order valence-electron chi connectivity index (χ1n) is 8.08. The highest BCUT2D eigenvalue weighted by Gasteiger charge is 2.24. The molecule has 0 aliphatic carbocycles. The van der Waals surface area contributed by atoms with Crippen molar-refractivity contribution >= 4 is 11.6 Å². The van der Waals surface area contributed by atoms with Gasteiger partial charge in [-0.3, -0.25) is 15.1 Å². The monoisotopic (exact) mass is 370 g/mol. The summed E-state index contributed by atoms with van der Waals surface area (Å²) in [6, 6.07) is 11.2. The third-order valence-electron chi connectivity index (χ3n) is 4.00. The number of aromatic nitrogens is 4. The minimum absolute atomic E-state index is 0.0672. The molecule has 0 aliphatic heterocycles. The standard InChI is InChI=1S/C18H18FN5O3/c1-26-15-9-5-6-11(16(15)27-2)10-12(17-21-23-24-22-17)18(25)20-14-8-4-3-7-13(14)19/h3-9,12H,10H2,1-2H3,(H2,20,21,22,23,24,25)/p-1/t12-/m1/s1. The number of tetrazole rings is 1. The third kappa shape index (κ3) is 4.02. The molecule has 2 aromatic carbocycles. The van der Waals surface area contributed by atoms with Gasteiger partial charge >= 0.3 is 0 Å². The number of para-hydroxylation sites is 2. The number of rotatable bonds is 7. The lowest BCUT2D eigenvalue weighted by Crippen LogP contribution is -2.25. The molecular weight excluding hydrogens is 353 g/mol. The van der Waals surface area contributed by atoms with Crippen molar-refractivity contribution in [2.45, 2.75) is 12.3 Å². The molecule has 0 bridgehead atoms. The molecule has 1 aromatic heterocycles. The van der Waals surface area contributed by atoms with Crippen molar-refractivity contribution < 1.29 is 18.7 Å². The molecule has 0 fully saturated rings. The molecule has 0 saturated carbocycles. The van der Waals surface area contributed by atoms with E-state index < -0.39 is 17.6 Å². The first-order chi connectivity index (χ1) is 13.1. The summed E-state index contributed by atoms with van der Waals surface area (Å²) in [4.78, 5) is 12.8. The number of ether oxygens (including phenoxy) is 2. The van der Waals surface area contributed by atoms with Gasteiger partial charge in [-0.2, -0.15) is 5.21 Å². The Hall–Kier alpha value is -3.49. The topological polar surface area (TPSA) is 100 Å². The molecule has 1 N–H and O–H groups in total. The van der Waals surface area contributed by atoms with Crippen LogP contribution in [0.4, 0.5) is 10.1 Å². The van der Waals surface area contributed by atoms with E-state index in [1.54, 1.807) is 24.3 Å². The van der Waals surface area contributed by atoms with Crippen LogP contribution in [0.2, 0.25) is 0 Å². The minimum atomic E-state index is -0.847. The van der Waals surface area contributed by atoms with Crippen LogP contribution in [0, 0.1) is 5.82 Å². The van der Waals surface area contributed by atoms with Crippen LogP contribution in [-0.2, 0) is 11.2 Å². The SMILES string of the molecule is COc1cccc(C[C@@H](C(=O)Nc2ccccc2F)c2nnn[n-]2)c1OC. The van der Waals surface area contributed by atoms with Gasteiger partial charge in [0, 0.05) is 5.82 Å². The smallest absolute Gasteiger partial charge is 0.232 e. The zero-order chi connectivity index (χ0) is 19.2. The van der Waals surface area contributed by atoms with Crippen molar-refractivity contribution in [3.8, 4) is 11.5 Å². The van der Waals surface area contributed by atoms with Crippen LogP contribution in [0.25, 0.3) is 0 Å². The summed E-state index contributed by atoms with van der Waals surface area (Å²) < 4.78 is 24.6. The predicted molar refractivity (Wildman–Crippen MR) is 94.2 cm³/mol. The lowest BCUT2D eigenvalue weighted by molar-refractivity contribution is -0.117. The fourth-order valence-electron chi connectivity index (χ4n) is 2.71. The fraction of sp³-hybridized carbons (Fsp3) is 0.222. The number of nitrogens with zero attached hydrogens (tertiary/aromatic N) is 4. The molecule has 27 heavy (non-hydrogen) atoms. The largest absolute Gasteiger partial charge is 0.493 e. The van der Waals surface area contributed by atoms with Gasteiger partial charge in [-0.15, -0.1) is 0 Å². The number of benzene rings is 2. The van der Waals surface area contributed by atoms with Gasteiger partial charge in [0.15, 0.2) is 11.5 Å². The second-order valence-electron chi connectivity index (χ2n) is 5.62. The molecule has 8 nitrogen and oxygen atoms in total. The normalized spacial score (nSPS) is 11.7. The van der Waals surface area contributed by atoms with Crippen molar-refractivity contribution in [3.63, 3.8) is 0 Å². The Balaban J connectivity index is 1.92. The molecule has 1 atom stereocenters. The Bertz CT molecular complexity index is 917. The highest BCUT2D eigenvalue weighted by molar-refractivity contribution is 5.95. The Morgan fingerprint density at radius 3 is 2.67 bits per heavy atom. The molecule has 3 rings (SSSR count). The maximum Gasteiger partial charge on any atom is 0.232 e. The van der Waals surface area contributed by atoms with Gasteiger partial charge in [-0.1, -0.05) is 24.3 Å². The summed E-state index contributed by atoms with van der Waals surface area (Å²) in [5.41, 5.74) is 0.771. The van der Waals surface area contributed by atoms with Crippen molar-refractivity contribution in [1.29, 1.82) is 0 Å². The second-order valence-corrected chi connectivity index (χ2v) is 5.62. The van der Waals surface area contributed by atoms with Gasteiger partial charge in [0.2, 0.25) is 5.91 Å². The molecule has 0 saturated heterocycles. The third-order valence-corrected chi connectivity index (χ3v) is 4.00. The molecule has 0 unspecified atom stereocenters. The first-order valence-corrected chi connectivity index (χ1v) is 8.08. The average Bonchev–Trinajstić information content (AvgIpc) is 3.21. The van der Waals surface area contributed by atoms with E-state index in [0.29, 0.717) is 17.1 Å². The van der Waals surface area contributed by atoms with Gasteiger partial charge in [0.25, 0.3) is 0 Å². The van der Waals surface area contributed by atoms with E-state index in [9.17, 15) is 9.18 Å². The van der Waals surface area contributed by atoms with Crippen LogP contribution >= 0.6 is 0 Å². The Kier molecular flexibility index (Phi) is 5.60. The molecule has 0 aliphatic rings. The van der Waals surface area contributed by atoms with E-state index in [4.69, 9.17) is 9.47 Å². The van der Waals surface area contributed by atoms with E-state index >= 15 is 0 Å². The minimum Gasteiger partial charge on any atom is -0.493 e. The summed E-state index contributed by atoms with van der Waals surface area (Å²) in [6.45, 7) is 0. The van der Waals surface area contributed by atoms with Crippen LogP contribution in [-0.4, -0.2) is 35.7 Å². The summed E-state index contributed by atoms with van der Waals surface area (Å²) in [7, 11) is 3.04. The number of hydrogen-bond acceptors (Lipinski definition) is 6. The molecule has 3 aromatic rings. The molecular formula is C18H17FN5O3-. The molecule has 140 valence electrons. The van der Waals surface area contributed by atoms with Crippen LogP contribution in [0.15, 0.2) is 42.5 Å². The van der Waals surface area contributed by atoms with E-state index in [0.717, 1.165) is 0 Å². The van der Waals surface area contributed by atoms with Crippen LogP contribution in [0.1, 0.15) is 17.3 Å². The second kappa shape index (κ2) is 8.26. The molecule has 0 spiro atoms. The van der Waals surface area contributed by atoms with Gasteiger partial charge in [-0.25, -0.2) is 4.39 Å². The molecule has 0 radical (unpaired) electrons. The van der Waals surface area contributed by atoms with Crippen molar-refractivity contribution in [1.82, 2.24) is 20.6 Å². The van der Waals surface area contributed by atoms with Crippen molar-refractivity contribution in [2.75, 3.05) is 19.5 Å². The van der Waals surface area contributed by atoms with E-state index in [-0.39, 0.29) is 17.9 Å². The quantitative estimate of drug-likeness (QED) is 0.678. The highest BCUT2D eigenvalue weighted by Crippen LogP contribution is 2.34. The maximum atomic E-state index is 13.9. The molecule has 1 amide bonds. The Morgan fingerprint density at radius 2 is 2.00 bits per heavy atom. The summed E-state index contributed by atoms with van der Waals surface area (Å²) in [6.07, 6.45) is 0.189. The maximum absolute atomic E-state index is 13.9. The Morgan fingerprint density at radius 1 is 1.19 bits per heavy atom. The van der Waals surface area contributed by atoms with Gasteiger partial charge in [0.1, 0.15) is 5.82 Å². The zero-order valence-electron chi connectivity index (χ0n) is 14.7. The van der Waals surface area contributed by atoms with E-state index in [1.165, 1.54) is 32.4 Å². The highest BCUT2D eigenvalue weighted by atomic mass is 19.1. The van der Waals surface area contributed by atoms with Crippen molar-refractivity contribution in [3.05, 3.63) is 59.7 Å². The summed E-state index contributed by atoms with van der Waals surface area (Å²) >= 11 is 0. The number of anilines is 1. The Labute approximate surface area is 154 Å². The number of carbonyl (C=O) groups excluding carboxylic acids is 1. The number of carbonyl (C=O) groups is 1. The van der Waals surface area contributed by atoms with E-state index in [1.807, 2.05) is 0 Å². The van der Waals surface area contributed by atoms with Crippen molar-refractivity contribution in [2.24, 2.45) is 0 Å². The van der Waals surface area contributed by atoms with Gasteiger partial charge < -0.3 is 19.9 Å². The fourth-order valence-corrected chi connectivity index (χ4v) is 2.71. The molecule has 9 heteroatoms. The summed E-state index contributed by atoms with van der Waals surface area (Å²) in [5, 5.41) is 17.1. The van der Waals surface area contributed by atoms with Crippen LogP contribution in [0.5, 0.6) is 11.5 Å². The lowest BCUT2D eigenvalue weighted by Gasteiger charge is -2.19.